The van der Waals surface area contributed by atoms with E-state index in [-0.39, 0.29) is 23.6 Å². The number of aromatic hydroxyl groups is 1. The molecule has 2 rings (SSSR count). The van der Waals surface area contributed by atoms with Gasteiger partial charge in [-0.15, -0.1) is 0 Å². The third kappa shape index (κ3) is 2.79. The highest BCUT2D eigenvalue weighted by Crippen LogP contribution is 2.19. The molecule has 0 fully saturated rings. The normalized spacial score (nSPS) is 10.0. The topological polar surface area (TPSA) is 72.5 Å². The fraction of sp³-hybridized carbons (Fsp3) is 0.0714. The van der Waals surface area contributed by atoms with Gasteiger partial charge in [-0.1, -0.05) is 30.3 Å². The Bertz CT molecular complexity index is 552. The third-order valence-corrected chi connectivity index (χ3v) is 2.47. The van der Waals surface area contributed by atoms with Crippen molar-refractivity contribution in [2.45, 2.75) is 6.61 Å². The lowest BCUT2D eigenvalue weighted by atomic mass is 10.1. The van der Waals surface area contributed by atoms with E-state index in [1.807, 2.05) is 30.3 Å². The Balaban J connectivity index is 2.06. The first kappa shape index (κ1) is 12.0. The number of rotatable bonds is 3. The number of anilines is 1. The Morgan fingerprint density at radius 3 is 2.61 bits per heavy atom. The molecule has 0 bridgehead atoms. The highest BCUT2D eigenvalue weighted by atomic mass is 16.5. The number of hydrogen-bond acceptors (Lipinski definition) is 4. The lowest BCUT2D eigenvalue weighted by Crippen LogP contribution is -2.08. The van der Waals surface area contributed by atoms with E-state index >= 15 is 0 Å². The molecule has 0 saturated heterocycles. The Labute approximate surface area is 105 Å². The highest BCUT2D eigenvalue weighted by molar-refractivity contribution is 5.95. The Kier molecular flexibility index (Phi) is 3.48. The number of phenols is 1. The van der Waals surface area contributed by atoms with E-state index in [0.717, 1.165) is 5.56 Å². The molecule has 0 saturated carbocycles. The van der Waals surface area contributed by atoms with Crippen molar-refractivity contribution in [3.8, 4) is 5.75 Å². The van der Waals surface area contributed by atoms with Crippen LogP contribution in [0.3, 0.4) is 0 Å². The zero-order chi connectivity index (χ0) is 13.0. The van der Waals surface area contributed by atoms with Crippen molar-refractivity contribution in [2.75, 3.05) is 5.73 Å². The molecule has 3 N–H and O–H groups in total. The van der Waals surface area contributed by atoms with Crippen LogP contribution in [-0.4, -0.2) is 11.1 Å². The van der Waals surface area contributed by atoms with Crippen molar-refractivity contribution in [3.63, 3.8) is 0 Å². The second-order valence-electron chi connectivity index (χ2n) is 3.83. The van der Waals surface area contributed by atoms with E-state index in [4.69, 9.17) is 10.5 Å². The van der Waals surface area contributed by atoms with Crippen LogP contribution in [0.4, 0.5) is 5.69 Å². The van der Waals surface area contributed by atoms with E-state index < -0.39 is 5.97 Å². The van der Waals surface area contributed by atoms with Gasteiger partial charge in [-0.25, -0.2) is 4.79 Å². The van der Waals surface area contributed by atoms with Gasteiger partial charge in [-0.2, -0.15) is 0 Å². The average Bonchev–Trinajstić information content (AvgIpc) is 2.40. The maximum Gasteiger partial charge on any atom is 0.340 e. The van der Waals surface area contributed by atoms with Crippen LogP contribution in [0.1, 0.15) is 15.9 Å². The fourth-order valence-electron chi connectivity index (χ4n) is 1.52. The monoisotopic (exact) mass is 243 g/mol. The van der Waals surface area contributed by atoms with Crippen molar-refractivity contribution in [1.82, 2.24) is 0 Å². The fourth-order valence-corrected chi connectivity index (χ4v) is 1.52. The second kappa shape index (κ2) is 5.23. The van der Waals surface area contributed by atoms with Gasteiger partial charge in [0.2, 0.25) is 0 Å². The Morgan fingerprint density at radius 1 is 1.17 bits per heavy atom. The zero-order valence-electron chi connectivity index (χ0n) is 9.67. The highest BCUT2D eigenvalue weighted by Gasteiger charge is 2.12. The molecule has 0 spiro atoms. The largest absolute Gasteiger partial charge is 0.508 e. The van der Waals surface area contributed by atoms with Crippen molar-refractivity contribution in [3.05, 3.63) is 59.7 Å². The number of esters is 1. The molecule has 2 aromatic carbocycles. The SMILES string of the molecule is Nc1ccc(O)cc1C(=O)OCc1ccccc1. The first-order chi connectivity index (χ1) is 8.66. The zero-order valence-corrected chi connectivity index (χ0v) is 9.67. The van der Waals surface area contributed by atoms with Gasteiger partial charge < -0.3 is 15.6 Å². The minimum atomic E-state index is -0.549. The van der Waals surface area contributed by atoms with Gasteiger partial charge in [0.25, 0.3) is 0 Å². The van der Waals surface area contributed by atoms with Crippen molar-refractivity contribution in [2.24, 2.45) is 0 Å². The van der Waals surface area contributed by atoms with E-state index in [9.17, 15) is 9.90 Å². The summed E-state index contributed by atoms with van der Waals surface area (Å²) in [5.74, 6) is -0.567. The molecule has 0 radical (unpaired) electrons. The summed E-state index contributed by atoms with van der Waals surface area (Å²) in [7, 11) is 0. The van der Waals surface area contributed by atoms with Gasteiger partial charge in [-0.05, 0) is 23.8 Å². The number of benzene rings is 2. The van der Waals surface area contributed by atoms with E-state index in [1.165, 1.54) is 18.2 Å². The van der Waals surface area contributed by atoms with E-state index in [2.05, 4.69) is 0 Å². The first-order valence-corrected chi connectivity index (χ1v) is 5.46. The number of nitrogen functional groups attached to an aromatic ring is 1. The average molecular weight is 243 g/mol. The first-order valence-electron chi connectivity index (χ1n) is 5.46. The van der Waals surface area contributed by atoms with Gasteiger partial charge in [-0.3, -0.25) is 0 Å². The Hall–Kier alpha value is -2.49. The van der Waals surface area contributed by atoms with Crippen molar-refractivity contribution in [1.29, 1.82) is 0 Å². The molecular formula is C14H13NO3. The van der Waals surface area contributed by atoms with Crippen LogP contribution in [0.5, 0.6) is 5.75 Å². The van der Waals surface area contributed by atoms with Gasteiger partial charge in [0.05, 0.1) is 5.56 Å². The van der Waals surface area contributed by atoms with Crippen molar-refractivity contribution < 1.29 is 14.6 Å². The van der Waals surface area contributed by atoms with Crippen molar-refractivity contribution >= 4 is 11.7 Å². The molecule has 2 aromatic rings. The predicted molar refractivity (Wildman–Crippen MR) is 68.1 cm³/mol. The molecule has 92 valence electrons. The maximum atomic E-state index is 11.8. The van der Waals surface area contributed by atoms with Gasteiger partial charge in [0.1, 0.15) is 12.4 Å². The lowest BCUT2D eigenvalue weighted by Gasteiger charge is -2.07. The summed E-state index contributed by atoms with van der Waals surface area (Å²) in [4.78, 5) is 11.8. The van der Waals surface area contributed by atoms with E-state index in [0.29, 0.717) is 0 Å². The summed E-state index contributed by atoms with van der Waals surface area (Å²) < 4.78 is 5.12. The minimum absolute atomic E-state index is 0.0177. The number of carbonyl (C=O) groups is 1. The molecule has 0 aliphatic rings. The number of phenolic OH excluding ortho intramolecular Hbond substituents is 1. The molecule has 0 heterocycles. The number of carbonyl (C=O) groups excluding carboxylic acids is 1. The molecule has 0 aliphatic heterocycles. The molecule has 0 aromatic heterocycles. The molecule has 0 unspecified atom stereocenters. The summed E-state index contributed by atoms with van der Waals surface area (Å²) >= 11 is 0. The van der Waals surface area contributed by atoms with Crippen LogP contribution in [-0.2, 0) is 11.3 Å². The van der Waals surface area contributed by atoms with Gasteiger partial charge >= 0.3 is 5.97 Å². The van der Waals surface area contributed by atoms with Crippen LogP contribution in [0.25, 0.3) is 0 Å². The van der Waals surface area contributed by atoms with Crippen LogP contribution in [0.2, 0.25) is 0 Å². The number of ether oxygens (including phenoxy) is 1. The standard InChI is InChI=1S/C14H13NO3/c15-13-7-6-11(16)8-12(13)14(17)18-9-10-4-2-1-3-5-10/h1-8,16H,9,15H2. The minimum Gasteiger partial charge on any atom is -0.508 e. The molecule has 18 heavy (non-hydrogen) atoms. The van der Waals surface area contributed by atoms with Gasteiger partial charge in [0.15, 0.2) is 0 Å². The lowest BCUT2D eigenvalue weighted by molar-refractivity contribution is 0.0473. The number of hydrogen-bond donors (Lipinski definition) is 2. The summed E-state index contributed by atoms with van der Waals surface area (Å²) in [6.45, 7) is 0.175. The molecule has 0 aliphatic carbocycles. The summed E-state index contributed by atoms with van der Waals surface area (Å²) in [5, 5.41) is 9.31. The molecule has 0 atom stereocenters. The summed E-state index contributed by atoms with van der Waals surface area (Å²) in [5.41, 5.74) is 7.00. The smallest absolute Gasteiger partial charge is 0.340 e. The maximum absolute atomic E-state index is 11.8. The molecular weight excluding hydrogens is 230 g/mol. The van der Waals surface area contributed by atoms with Crippen LogP contribution >= 0.6 is 0 Å². The summed E-state index contributed by atoms with van der Waals surface area (Å²) in [6.07, 6.45) is 0. The third-order valence-electron chi connectivity index (χ3n) is 2.47. The molecule has 4 heteroatoms. The Morgan fingerprint density at radius 2 is 1.89 bits per heavy atom. The van der Waals surface area contributed by atoms with Crippen LogP contribution < -0.4 is 5.73 Å². The van der Waals surface area contributed by atoms with Gasteiger partial charge in [0, 0.05) is 5.69 Å². The molecule has 4 nitrogen and oxygen atoms in total. The van der Waals surface area contributed by atoms with Crippen LogP contribution in [0.15, 0.2) is 48.5 Å². The number of nitrogens with two attached hydrogens (primary N) is 1. The predicted octanol–water partition coefficient (Wildman–Crippen LogP) is 2.33. The quantitative estimate of drug-likeness (QED) is 0.493. The van der Waals surface area contributed by atoms with Crippen LogP contribution in [0, 0.1) is 0 Å². The summed E-state index contributed by atoms with van der Waals surface area (Å²) in [6, 6.07) is 13.5. The molecule has 0 amide bonds. The second-order valence-corrected chi connectivity index (χ2v) is 3.83. The van der Waals surface area contributed by atoms with E-state index in [1.54, 1.807) is 0 Å².